The van der Waals surface area contributed by atoms with Crippen LogP contribution in [0.1, 0.15) is 41.2 Å². The van der Waals surface area contributed by atoms with E-state index in [0.717, 1.165) is 46.3 Å². The molecule has 142 valence electrons. The Morgan fingerprint density at radius 1 is 1.07 bits per heavy atom. The number of aryl methyl sites for hydroxylation is 1. The van der Waals surface area contributed by atoms with E-state index in [9.17, 15) is 0 Å². The molecule has 0 aliphatic rings. The van der Waals surface area contributed by atoms with Crippen LogP contribution in [0.4, 0.5) is 0 Å². The van der Waals surface area contributed by atoms with Gasteiger partial charge in [0.05, 0.1) is 13.2 Å². The average molecular weight is 383 g/mol. The first-order valence-electron chi connectivity index (χ1n) is 9.18. The molecule has 0 aliphatic carbocycles. The van der Waals surface area contributed by atoms with E-state index in [1.165, 1.54) is 0 Å². The van der Waals surface area contributed by atoms with Crippen LogP contribution in [-0.4, -0.2) is 12.1 Å². The summed E-state index contributed by atoms with van der Waals surface area (Å²) < 4.78 is 11.5. The molecule has 0 amide bonds. The van der Waals surface area contributed by atoms with Crippen molar-refractivity contribution in [2.45, 2.75) is 39.5 Å². The van der Waals surface area contributed by atoms with Crippen LogP contribution in [0.15, 0.2) is 53.9 Å². The Hall–Kier alpha value is -2.37. The molecule has 0 radical (unpaired) electrons. The lowest BCUT2D eigenvalue weighted by Gasteiger charge is -2.16. The van der Waals surface area contributed by atoms with Gasteiger partial charge in [0.25, 0.3) is 0 Å². The number of ether oxygens (including phenoxy) is 2. The maximum absolute atomic E-state index is 6.01. The van der Waals surface area contributed by atoms with Gasteiger partial charge >= 0.3 is 0 Å². The molecule has 27 heavy (non-hydrogen) atoms. The quantitative estimate of drug-likeness (QED) is 0.547. The molecule has 1 heterocycles. The minimum absolute atomic E-state index is 0.263. The molecular formula is C22H26N2O2S. The third kappa shape index (κ3) is 5.31. The highest BCUT2D eigenvalue weighted by molar-refractivity contribution is 7.09. The second-order valence-corrected chi connectivity index (χ2v) is 7.32. The number of hydrogen-bond donors (Lipinski definition) is 1. The van der Waals surface area contributed by atoms with Crippen molar-refractivity contribution in [1.29, 1.82) is 0 Å². The second-order valence-electron chi connectivity index (χ2n) is 6.43. The maximum atomic E-state index is 6.01. The summed E-state index contributed by atoms with van der Waals surface area (Å²) in [6.07, 6.45) is 1.00. The summed E-state index contributed by atoms with van der Waals surface area (Å²) in [6, 6.07) is 16.5. The minimum atomic E-state index is 0.263. The summed E-state index contributed by atoms with van der Waals surface area (Å²) in [7, 11) is 1.67. The molecule has 0 fully saturated rings. The zero-order valence-electron chi connectivity index (χ0n) is 16.1. The first-order chi connectivity index (χ1) is 13.2. The van der Waals surface area contributed by atoms with Crippen molar-refractivity contribution < 1.29 is 9.47 Å². The van der Waals surface area contributed by atoms with E-state index in [0.29, 0.717) is 6.61 Å². The van der Waals surface area contributed by atoms with Gasteiger partial charge in [-0.15, -0.1) is 11.3 Å². The first kappa shape index (κ1) is 19.4. The smallest absolute Gasteiger partial charge is 0.161 e. The van der Waals surface area contributed by atoms with Gasteiger partial charge in [0.1, 0.15) is 11.6 Å². The lowest BCUT2D eigenvalue weighted by atomic mass is 10.1. The van der Waals surface area contributed by atoms with Crippen molar-refractivity contribution in [3.05, 3.63) is 75.7 Å². The SMILES string of the molecule is CCC(NCc1ccc(OC)c(OCc2ccccc2)c1)c1nc(C)cs1. The molecule has 1 atom stereocenters. The molecule has 0 saturated carbocycles. The summed E-state index contributed by atoms with van der Waals surface area (Å²) in [5.41, 5.74) is 3.37. The van der Waals surface area contributed by atoms with E-state index >= 15 is 0 Å². The highest BCUT2D eigenvalue weighted by Crippen LogP contribution is 2.29. The lowest BCUT2D eigenvalue weighted by molar-refractivity contribution is 0.284. The van der Waals surface area contributed by atoms with E-state index in [1.54, 1.807) is 18.4 Å². The molecule has 4 nitrogen and oxygen atoms in total. The fraction of sp³-hybridized carbons (Fsp3) is 0.318. The van der Waals surface area contributed by atoms with Crippen molar-refractivity contribution in [2.24, 2.45) is 0 Å². The summed E-state index contributed by atoms with van der Waals surface area (Å²) in [5, 5.41) is 6.85. The summed E-state index contributed by atoms with van der Waals surface area (Å²) >= 11 is 1.71. The van der Waals surface area contributed by atoms with Gasteiger partial charge in [-0.05, 0) is 36.6 Å². The van der Waals surface area contributed by atoms with Crippen LogP contribution in [0.25, 0.3) is 0 Å². The van der Waals surface area contributed by atoms with Crippen molar-refractivity contribution in [3.63, 3.8) is 0 Å². The maximum Gasteiger partial charge on any atom is 0.161 e. The van der Waals surface area contributed by atoms with Crippen molar-refractivity contribution >= 4 is 11.3 Å². The second kappa shape index (κ2) is 9.53. The average Bonchev–Trinajstić information content (AvgIpc) is 3.14. The highest BCUT2D eigenvalue weighted by atomic mass is 32.1. The molecule has 5 heteroatoms. The van der Waals surface area contributed by atoms with Gasteiger partial charge in [0, 0.05) is 17.6 Å². The Kier molecular flexibility index (Phi) is 6.85. The molecule has 1 aromatic heterocycles. The molecule has 3 aromatic rings. The molecule has 0 aliphatic heterocycles. The standard InChI is InChI=1S/C22H26N2O2S/c1-4-19(22-24-16(2)15-27-22)23-13-18-10-11-20(25-3)21(12-18)26-14-17-8-6-5-7-9-17/h5-12,15,19,23H,4,13-14H2,1-3H3. The Balaban J connectivity index is 1.66. The number of aromatic nitrogens is 1. The van der Waals surface area contributed by atoms with Crippen molar-refractivity contribution in [3.8, 4) is 11.5 Å². The van der Waals surface area contributed by atoms with Gasteiger partial charge in [0.15, 0.2) is 11.5 Å². The third-order valence-electron chi connectivity index (χ3n) is 4.36. The van der Waals surface area contributed by atoms with E-state index in [-0.39, 0.29) is 6.04 Å². The van der Waals surface area contributed by atoms with Gasteiger partial charge in [-0.2, -0.15) is 0 Å². The number of benzene rings is 2. The van der Waals surface area contributed by atoms with E-state index in [4.69, 9.17) is 9.47 Å². The van der Waals surface area contributed by atoms with Crippen LogP contribution < -0.4 is 14.8 Å². The first-order valence-corrected chi connectivity index (χ1v) is 10.1. The molecular weight excluding hydrogens is 356 g/mol. The Morgan fingerprint density at radius 2 is 1.89 bits per heavy atom. The van der Waals surface area contributed by atoms with Gasteiger partial charge in [-0.25, -0.2) is 4.98 Å². The molecule has 1 unspecified atom stereocenters. The van der Waals surface area contributed by atoms with Crippen LogP contribution in [0.2, 0.25) is 0 Å². The lowest BCUT2D eigenvalue weighted by Crippen LogP contribution is -2.20. The number of thiazole rings is 1. The van der Waals surface area contributed by atoms with Crippen molar-refractivity contribution in [2.75, 3.05) is 7.11 Å². The number of rotatable bonds is 9. The number of nitrogens with one attached hydrogen (secondary N) is 1. The predicted octanol–water partition coefficient (Wildman–Crippen LogP) is 5.28. The number of methoxy groups -OCH3 is 1. The molecule has 3 rings (SSSR count). The third-order valence-corrected chi connectivity index (χ3v) is 5.44. The summed E-state index contributed by atoms with van der Waals surface area (Å²) in [6.45, 7) is 5.48. The summed E-state index contributed by atoms with van der Waals surface area (Å²) in [4.78, 5) is 4.61. The Labute approximate surface area is 165 Å². The normalized spacial score (nSPS) is 12.0. The zero-order chi connectivity index (χ0) is 19.1. The van der Waals surface area contributed by atoms with Crippen LogP contribution >= 0.6 is 11.3 Å². The molecule has 2 aromatic carbocycles. The number of hydrogen-bond acceptors (Lipinski definition) is 5. The molecule has 0 bridgehead atoms. The van der Waals surface area contributed by atoms with Crippen LogP contribution in [-0.2, 0) is 13.2 Å². The van der Waals surface area contributed by atoms with Crippen molar-refractivity contribution in [1.82, 2.24) is 10.3 Å². The summed E-state index contributed by atoms with van der Waals surface area (Å²) in [5.74, 6) is 1.51. The van der Waals surface area contributed by atoms with Crippen LogP contribution in [0.3, 0.4) is 0 Å². The van der Waals surface area contributed by atoms with E-state index < -0.39 is 0 Å². The van der Waals surface area contributed by atoms with Gasteiger partial charge in [-0.3, -0.25) is 0 Å². The van der Waals surface area contributed by atoms with Crippen LogP contribution in [0.5, 0.6) is 11.5 Å². The fourth-order valence-corrected chi connectivity index (χ4v) is 3.81. The largest absolute Gasteiger partial charge is 0.493 e. The molecule has 0 saturated heterocycles. The topological polar surface area (TPSA) is 43.4 Å². The van der Waals surface area contributed by atoms with Gasteiger partial charge < -0.3 is 14.8 Å². The van der Waals surface area contributed by atoms with Crippen LogP contribution in [0, 0.1) is 6.92 Å². The minimum Gasteiger partial charge on any atom is -0.493 e. The number of nitrogens with zero attached hydrogens (tertiary/aromatic N) is 1. The Bertz CT molecular complexity index is 849. The van der Waals surface area contributed by atoms with Gasteiger partial charge in [0.2, 0.25) is 0 Å². The highest BCUT2D eigenvalue weighted by Gasteiger charge is 2.13. The monoisotopic (exact) mass is 382 g/mol. The van der Waals surface area contributed by atoms with Gasteiger partial charge in [-0.1, -0.05) is 43.3 Å². The fourth-order valence-electron chi connectivity index (χ4n) is 2.86. The van der Waals surface area contributed by atoms with E-state index in [1.807, 2.05) is 31.2 Å². The molecule has 1 N–H and O–H groups in total. The zero-order valence-corrected chi connectivity index (χ0v) is 16.9. The Morgan fingerprint density at radius 3 is 2.56 bits per heavy atom. The van der Waals surface area contributed by atoms with E-state index in [2.05, 4.69) is 46.9 Å². The predicted molar refractivity (Wildman–Crippen MR) is 110 cm³/mol. The molecule has 0 spiro atoms.